The van der Waals surface area contributed by atoms with Crippen molar-refractivity contribution in [2.45, 2.75) is 38.3 Å². The summed E-state index contributed by atoms with van der Waals surface area (Å²) < 4.78 is 0. The van der Waals surface area contributed by atoms with E-state index in [1.165, 1.54) is 4.90 Å². The largest absolute Gasteiger partial charge is 0.394 e. The molecular weight excluding hydrogens is 268 g/mol. The number of urea groups is 1. The minimum absolute atomic E-state index is 0.0629. The van der Waals surface area contributed by atoms with E-state index in [4.69, 9.17) is 5.11 Å². The summed E-state index contributed by atoms with van der Waals surface area (Å²) in [5, 5.41) is 21.6. The minimum Gasteiger partial charge on any atom is -0.394 e. The smallest absolute Gasteiger partial charge is 0.317 e. The minimum atomic E-state index is -0.429. The highest BCUT2D eigenvalue weighted by Gasteiger charge is 2.18. The van der Waals surface area contributed by atoms with Gasteiger partial charge in [-0.3, -0.25) is 0 Å². The molecule has 1 aromatic rings. The van der Waals surface area contributed by atoms with Gasteiger partial charge in [-0.1, -0.05) is 30.3 Å². The lowest BCUT2D eigenvalue weighted by Gasteiger charge is -2.26. The van der Waals surface area contributed by atoms with E-state index in [1.807, 2.05) is 30.3 Å². The lowest BCUT2D eigenvalue weighted by Crippen LogP contribution is -2.45. The van der Waals surface area contributed by atoms with Crippen molar-refractivity contribution < 1.29 is 15.0 Å². The van der Waals surface area contributed by atoms with E-state index in [-0.39, 0.29) is 24.6 Å². The molecule has 21 heavy (non-hydrogen) atoms. The Kier molecular flexibility index (Phi) is 7.19. The standard InChI is InChI=1S/C16H26N2O3/c1-12(11-19)18(3)16(21)17-10-15(9-13(2)20)14-7-5-4-6-8-14/h4-8,12-13,15,19-20H,9-11H2,1-3H3,(H,17,21). The van der Waals surface area contributed by atoms with Crippen LogP contribution in [-0.2, 0) is 0 Å². The fourth-order valence-electron chi connectivity index (χ4n) is 2.13. The second-order valence-electron chi connectivity index (χ2n) is 5.52. The van der Waals surface area contributed by atoms with E-state index in [9.17, 15) is 9.90 Å². The van der Waals surface area contributed by atoms with E-state index in [0.29, 0.717) is 13.0 Å². The molecular formula is C16H26N2O3. The van der Waals surface area contributed by atoms with Crippen LogP contribution < -0.4 is 5.32 Å². The second-order valence-corrected chi connectivity index (χ2v) is 5.52. The number of amides is 2. The summed E-state index contributed by atoms with van der Waals surface area (Å²) in [6, 6.07) is 9.40. The van der Waals surface area contributed by atoms with Crippen molar-refractivity contribution in [3.63, 3.8) is 0 Å². The summed E-state index contributed by atoms with van der Waals surface area (Å²) >= 11 is 0. The average Bonchev–Trinajstić information content (AvgIpc) is 2.50. The highest BCUT2D eigenvalue weighted by atomic mass is 16.3. The normalized spacial score (nSPS) is 15.1. The van der Waals surface area contributed by atoms with Crippen LogP contribution in [0.5, 0.6) is 0 Å². The zero-order chi connectivity index (χ0) is 15.8. The number of benzene rings is 1. The maximum absolute atomic E-state index is 12.0. The molecule has 3 atom stereocenters. The van der Waals surface area contributed by atoms with Crippen molar-refractivity contribution in [3.8, 4) is 0 Å². The van der Waals surface area contributed by atoms with Crippen molar-refractivity contribution in [2.24, 2.45) is 0 Å². The Bertz CT molecular complexity index is 423. The van der Waals surface area contributed by atoms with E-state index in [0.717, 1.165) is 5.56 Å². The Hall–Kier alpha value is -1.59. The monoisotopic (exact) mass is 294 g/mol. The van der Waals surface area contributed by atoms with Crippen LogP contribution in [0.15, 0.2) is 30.3 Å². The molecule has 3 N–H and O–H groups in total. The van der Waals surface area contributed by atoms with Crippen molar-refractivity contribution in [2.75, 3.05) is 20.2 Å². The molecule has 3 unspecified atom stereocenters. The number of nitrogens with one attached hydrogen (secondary N) is 1. The van der Waals surface area contributed by atoms with Gasteiger partial charge in [-0.15, -0.1) is 0 Å². The van der Waals surface area contributed by atoms with Gasteiger partial charge in [0, 0.05) is 19.5 Å². The van der Waals surface area contributed by atoms with Crippen molar-refractivity contribution in [3.05, 3.63) is 35.9 Å². The SMILES string of the molecule is CC(O)CC(CNC(=O)N(C)C(C)CO)c1ccccc1. The molecule has 1 rings (SSSR count). The molecule has 0 aliphatic heterocycles. The lowest BCUT2D eigenvalue weighted by molar-refractivity contribution is 0.153. The van der Waals surface area contributed by atoms with Gasteiger partial charge >= 0.3 is 6.03 Å². The highest BCUT2D eigenvalue weighted by molar-refractivity contribution is 5.74. The van der Waals surface area contributed by atoms with Crippen LogP contribution >= 0.6 is 0 Å². The Morgan fingerprint density at radius 1 is 1.29 bits per heavy atom. The number of aliphatic hydroxyl groups excluding tert-OH is 2. The third-order valence-electron chi connectivity index (χ3n) is 3.64. The summed E-state index contributed by atoms with van der Waals surface area (Å²) in [6.45, 7) is 3.91. The molecule has 0 aliphatic carbocycles. The van der Waals surface area contributed by atoms with Crippen LogP contribution in [0.2, 0.25) is 0 Å². The zero-order valence-electron chi connectivity index (χ0n) is 13.0. The highest BCUT2D eigenvalue weighted by Crippen LogP contribution is 2.20. The first-order valence-corrected chi connectivity index (χ1v) is 7.30. The van der Waals surface area contributed by atoms with Gasteiger partial charge in [-0.25, -0.2) is 4.79 Å². The van der Waals surface area contributed by atoms with E-state index >= 15 is 0 Å². The van der Waals surface area contributed by atoms with Gasteiger partial charge in [0.1, 0.15) is 0 Å². The number of carbonyl (C=O) groups is 1. The maximum Gasteiger partial charge on any atom is 0.317 e. The summed E-state index contributed by atoms with van der Waals surface area (Å²) in [4.78, 5) is 13.5. The third-order valence-corrected chi connectivity index (χ3v) is 3.64. The van der Waals surface area contributed by atoms with Crippen LogP contribution in [0.1, 0.15) is 31.7 Å². The van der Waals surface area contributed by atoms with Gasteiger partial charge in [-0.2, -0.15) is 0 Å². The van der Waals surface area contributed by atoms with Gasteiger partial charge in [0.2, 0.25) is 0 Å². The Balaban J connectivity index is 2.64. The summed E-state index contributed by atoms with van der Waals surface area (Å²) in [5.74, 6) is 0.0629. The first-order chi connectivity index (χ1) is 9.95. The molecule has 2 amide bonds. The second kappa shape index (κ2) is 8.64. The number of aliphatic hydroxyl groups is 2. The van der Waals surface area contributed by atoms with Gasteiger partial charge in [0.05, 0.1) is 18.8 Å². The van der Waals surface area contributed by atoms with Gasteiger partial charge in [-0.05, 0) is 25.8 Å². The van der Waals surface area contributed by atoms with Gasteiger partial charge < -0.3 is 20.4 Å². The topological polar surface area (TPSA) is 72.8 Å². The predicted molar refractivity (Wildman–Crippen MR) is 83.2 cm³/mol. The van der Waals surface area contributed by atoms with Crippen molar-refractivity contribution >= 4 is 6.03 Å². The predicted octanol–water partition coefficient (Wildman–Crippen LogP) is 1.56. The first-order valence-electron chi connectivity index (χ1n) is 7.30. The lowest BCUT2D eigenvalue weighted by atomic mass is 9.93. The quantitative estimate of drug-likeness (QED) is 0.714. The number of hydrogen-bond donors (Lipinski definition) is 3. The van der Waals surface area contributed by atoms with Crippen LogP contribution in [0.4, 0.5) is 4.79 Å². The molecule has 5 heteroatoms. The Labute approximate surface area is 126 Å². The molecule has 1 aromatic carbocycles. The molecule has 0 aromatic heterocycles. The fraction of sp³-hybridized carbons (Fsp3) is 0.562. The van der Waals surface area contributed by atoms with Gasteiger partial charge in [0.25, 0.3) is 0 Å². The molecule has 5 nitrogen and oxygen atoms in total. The van der Waals surface area contributed by atoms with E-state index < -0.39 is 6.10 Å². The molecule has 0 spiro atoms. The number of likely N-dealkylation sites (N-methyl/N-ethyl adjacent to an activating group) is 1. The van der Waals surface area contributed by atoms with Crippen LogP contribution in [-0.4, -0.2) is 53.5 Å². The molecule has 0 saturated heterocycles. The maximum atomic E-state index is 12.0. The summed E-state index contributed by atoms with van der Waals surface area (Å²) in [6.07, 6.45) is 0.157. The average molecular weight is 294 g/mol. The number of hydrogen-bond acceptors (Lipinski definition) is 3. The Morgan fingerprint density at radius 2 is 1.90 bits per heavy atom. The molecule has 0 bridgehead atoms. The fourth-order valence-corrected chi connectivity index (χ4v) is 2.13. The Morgan fingerprint density at radius 3 is 2.43 bits per heavy atom. The first kappa shape index (κ1) is 17.5. The molecule has 0 aliphatic rings. The third kappa shape index (κ3) is 5.73. The summed E-state index contributed by atoms with van der Waals surface area (Å²) in [7, 11) is 1.66. The van der Waals surface area contributed by atoms with Crippen molar-refractivity contribution in [1.29, 1.82) is 0 Å². The number of rotatable bonds is 7. The van der Waals surface area contributed by atoms with E-state index in [2.05, 4.69) is 5.32 Å². The van der Waals surface area contributed by atoms with E-state index in [1.54, 1.807) is 20.9 Å². The molecule has 0 fully saturated rings. The zero-order valence-corrected chi connectivity index (χ0v) is 13.0. The number of nitrogens with zero attached hydrogens (tertiary/aromatic N) is 1. The van der Waals surface area contributed by atoms with Crippen LogP contribution in [0.3, 0.4) is 0 Å². The number of carbonyl (C=O) groups excluding carboxylic acids is 1. The van der Waals surface area contributed by atoms with Gasteiger partial charge in [0.15, 0.2) is 0 Å². The van der Waals surface area contributed by atoms with Crippen LogP contribution in [0.25, 0.3) is 0 Å². The molecule has 118 valence electrons. The molecule has 0 heterocycles. The van der Waals surface area contributed by atoms with Crippen LogP contribution in [0, 0.1) is 0 Å². The molecule has 0 saturated carbocycles. The molecule has 0 radical (unpaired) electrons. The summed E-state index contributed by atoms with van der Waals surface area (Å²) in [5.41, 5.74) is 1.09. The van der Waals surface area contributed by atoms with Crippen molar-refractivity contribution in [1.82, 2.24) is 10.2 Å².